The number of nitrogens with one attached hydrogen (secondary N) is 1. The standard InChI is InChI=1S/C13H15ClN2O3/c1-7-5-8(9(6-7)13(18)19)12(17)16-11-4-2-3-10(14)15-11/h2-4,7-9H,5-6H2,1H3,(H,18,19)(H,15,16,17). The molecule has 0 saturated heterocycles. The third-order valence-corrected chi connectivity index (χ3v) is 3.63. The molecule has 19 heavy (non-hydrogen) atoms. The minimum Gasteiger partial charge on any atom is -0.481 e. The zero-order valence-electron chi connectivity index (χ0n) is 10.5. The average Bonchev–Trinajstić information content (AvgIpc) is 2.71. The van der Waals surface area contributed by atoms with E-state index in [0.29, 0.717) is 18.7 Å². The molecule has 1 aliphatic rings. The summed E-state index contributed by atoms with van der Waals surface area (Å²) in [5.41, 5.74) is 0. The van der Waals surface area contributed by atoms with E-state index in [2.05, 4.69) is 10.3 Å². The van der Waals surface area contributed by atoms with E-state index in [-0.39, 0.29) is 17.0 Å². The van der Waals surface area contributed by atoms with Crippen molar-refractivity contribution in [2.24, 2.45) is 17.8 Å². The lowest BCUT2D eigenvalue weighted by Gasteiger charge is -2.15. The molecular weight excluding hydrogens is 268 g/mol. The van der Waals surface area contributed by atoms with E-state index >= 15 is 0 Å². The van der Waals surface area contributed by atoms with Gasteiger partial charge in [0.05, 0.1) is 11.8 Å². The van der Waals surface area contributed by atoms with Crippen molar-refractivity contribution in [1.29, 1.82) is 0 Å². The Labute approximate surface area is 116 Å². The van der Waals surface area contributed by atoms with E-state index in [9.17, 15) is 9.59 Å². The molecule has 1 amide bonds. The number of nitrogens with zero attached hydrogens (tertiary/aromatic N) is 1. The smallest absolute Gasteiger partial charge is 0.307 e. The Morgan fingerprint density at radius 2 is 2.05 bits per heavy atom. The Morgan fingerprint density at radius 3 is 2.68 bits per heavy atom. The molecular formula is C13H15ClN2O3. The van der Waals surface area contributed by atoms with E-state index in [1.54, 1.807) is 18.2 Å². The number of hydrogen-bond acceptors (Lipinski definition) is 3. The van der Waals surface area contributed by atoms with Gasteiger partial charge in [0.1, 0.15) is 11.0 Å². The largest absolute Gasteiger partial charge is 0.481 e. The second-order valence-corrected chi connectivity index (χ2v) is 5.35. The zero-order chi connectivity index (χ0) is 14.0. The van der Waals surface area contributed by atoms with Crippen LogP contribution in [0.5, 0.6) is 0 Å². The van der Waals surface area contributed by atoms with Gasteiger partial charge in [-0.2, -0.15) is 0 Å². The molecule has 0 radical (unpaired) electrons. The molecule has 1 aromatic rings. The lowest BCUT2D eigenvalue weighted by atomic mass is 9.95. The number of aliphatic carboxylic acids is 1. The molecule has 1 heterocycles. The number of amides is 1. The van der Waals surface area contributed by atoms with Gasteiger partial charge < -0.3 is 10.4 Å². The number of rotatable bonds is 3. The predicted molar refractivity (Wildman–Crippen MR) is 70.9 cm³/mol. The summed E-state index contributed by atoms with van der Waals surface area (Å²) in [5.74, 6) is -1.75. The second-order valence-electron chi connectivity index (χ2n) is 4.96. The summed E-state index contributed by atoms with van der Waals surface area (Å²) in [7, 11) is 0. The van der Waals surface area contributed by atoms with Gasteiger partial charge in [0.2, 0.25) is 5.91 Å². The quantitative estimate of drug-likeness (QED) is 0.835. The molecule has 3 atom stereocenters. The van der Waals surface area contributed by atoms with Crippen LogP contribution in [0.1, 0.15) is 19.8 Å². The molecule has 2 N–H and O–H groups in total. The van der Waals surface area contributed by atoms with E-state index in [1.807, 2.05) is 6.92 Å². The fourth-order valence-electron chi connectivity index (χ4n) is 2.55. The van der Waals surface area contributed by atoms with Crippen LogP contribution in [0.2, 0.25) is 5.15 Å². The van der Waals surface area contributed by atoms with Crippen molar-refractivity contribution < 1.29 is 14.7 Å². The first-order valence-corrected chi connectivity index (χ1v) is 6.51. The molecule has 0 bridgehead atoms. The zero-order valence-corrected chi connectivity index (χ0v) is 11.2. The van der Waals surface area contributed by atoms with E-state index in [1.165, 1.54) is 0 Å². The fourth-order valence-corrected chi connectivity index (χ4v) is 2.72. The van der Waals surface area contributed by atoms with Crippen LogP contribution in [0.15, 0.2) is 18.2 Å². The first-order chi connectivity index (χ1) is 8.97. The highest BCUT2D eigenvalue weighted by Gasteiger charge is 2.41. The Hall–Kier alpha value is -1.62. The minimum atomic E-state index is -0.913. The van der Waals surface area contributed by atoms with E-state index in [4.69, 9.17) is 16.7 Å². The van der Waals surface area contributed by atoms with Crippen LogP contribution in [0.3, 0.4) is 0 Å². The Kier molecular flexibility index (Phi) is 4.04. The Morgan fingerprint density at radius 1 is 1.37 bits per heavy atom. The van der Waals surface area contributed by atoms with Gasteiger partial charge in [-0.1, -0.05) is 24.6 Å². The van der Waals surface area contributed by atoms with Crippen molar-refractivity contribution in [2.45, 2.75) is 19.8 Å². The highest BCUT2D eigenvalue weighted by molar-refractivity contribution is 6.29. The van der Waals surface area contributed by atoms with E-state index in [0.717, 1.165) is 0 Å². The van der Waals surface area contributed by atoms with Gasteiger partial charge in [0, 0.05) is 0 Å². The Balaban J connectivity index is 2.09. The summed E-state index contributed by atoms with van der Waals surface area (Å²) in [6, 6.07) is 4.91. The maximum absolute atomic E-state index is 12.1. The van der Waals surface area contributed by atoms with Crippen molar-refractivity contribution in [2.75, 3.05) is 5.32 Å². The number of aromatic nitrogens is 1. The number of carbonyl (C=O) groups excluding carboxylic acids is 1. The molecule has 1 fully saturated rings. The molecule has 1 saturated carbocycles. The number of carbonyl (C=O) groups is 2. The first-order valence-electron chi connectivity index (χ1n) is 6.13. The third kappa shape index (κ3) is 3.23. The van der Waals surface area contributed by atoms with Gasteiger partial charge in [0.25, 0.3) is 0 Å². The molecule has 0 aromatic carbocycles. The number of anilines is 1. The summed E-state index contributed by atoms with van der Waals surface area (Å²) < 4.78 is 0. The van der Waals surface area contributed by atoms with Crippen molar-refractivity contribution in [1.82, 2.24) is 4.98 Å². The summed E-state index contributed by atoms with van der Waals surface area (Å²) >= 11 is 5.73. The Bertz CT molecular complexity index is 506. The molecule has 102 valence electrons. The highest BCUT2D eigenvalue weighted by atomic mass is 35.5. The van der Waals surface area contributed by atoms with Crippen molar-refractivity contribution >= 4 is 29.3 Å². The predicted octanol–water partition coefficient (Wildman–Crippen LogP) is 2.42. The van der Waals surface area contributed by atoms with Crippen LogP contribution in [0.4, 0.5) is 5.82 Å². The fraction of sp³-hybridized carbons (Fsp3) is 0.462. The summed E-state index contributed by atoms with van der Waals surface area (Å²) in [4.78, 5) is 27.2. The summed E-state index contributed by atoms with van der Waals surface area (Å²) in [6.45, 7) is 1.96. The van der Waals surface area contributed by atoms with Crippen LogP contribution in [-0.4, -0.2) is 22.0 Å². The van der Waals surface area contributed by atoms with Crippen molar-refractivity contribution in [3.8, 4) is 0 Å². The topological polar surface area (TPSA) is 79.3 Å². The van der Waals surface area contributed by atoms with Crippen LogP contribution >= 0.6 is 11.6 Å². The number of hydrogen-bond donors (Lipinski definition) is 2. The SMILES string of the molecule is CC1CC(C(=O)O)C(C(=O)Nc2cccc(Cl)n2)C1. The van der Waals surface area contributed by atoms with Crippen LogP contribution < -0.4 is 5.32 Å². The lowest BCUT2D eigenvalue weighted by Crippen LogP contribution is -2.30. The van der Waals surface area contributed by atoms with Crippen LogP contribution in [0, 0.1) is 17.8 Å². The maximum atomic E-state index is 12.1. The van der Waals surface area contributed by atoms with Gasteiger partial charge in [-0.25, -0.2) is 4.98 Å². The van der Waals surface area contributed by atoms with E-state index < -0.39 is 17.8 Å². The van der Waals surface area contributed by atoms with Gasteiger partial charge >= 0.3 is 5.97 Å². The molecule has 1 aliphatic carbocycles. The summed E-state index contributed by atoms with van der Waals surface area (Å²) in [6.07, 6.45) is 1.12. The molecule has 3 unspecified atom stereocenters. The third-order valence-electron chi connectivity index (χ3n) is 3.42. The number of halogens is 1. The summed E-state index contributed by atoms with van der Waals surface area (Å²) in [5, 5.41) is 12.1. The molecule has 2 rings (SSSR count). The van der Waals surface area contributed by atoms with Gasteiger partial charge in [-0.15, -0.1) is 0 Å². The van der Waals surface area contributed by atoms with Crippen molar-refractivity contribution in [3.05, 3.63) is 23.4 Å². The monoisotopic (exact) mass is 282 g/mol. The molecule has 0 spiro atoms. The first kappa shape index (κ1) is 13.8. The normalized spacial score (nSPS) is 26.1. The van der Waals surface area contributed by atoms with Crippen molar-refractivity contribution in [3.63, 3.8) is 0 Å². The van der Waals surface area contributed by atoms with Crippen LogP contribution in [-0.2, 0) is 9.59 Å². The number of carboxylic acids is 1. The van der Waals surface area contributed by atoms with Gasteiger partial charge in [-0.3, -0.25) is 9.59 Å². The average molecular weight is 283 g/mol. The highest BCUT2D eigenvalue weighted by Crippen LogP contribution is 2.37. The van der Waals surface area contributed by atoms with Crippen LogP contribution in [0.25, 0.3) is 0 Å². The molecule has 5 nitrogen and oxygen atoms in total. The number of carboxylic acid groups (broad SMARTS) is 1. The molecule has 1 aromatic heterocycles. The molecule has 6 heteroatoms. The minimum absolute atomic E-state index is 0.240. The van der Waals surface area contributed by atoms with Gasteiger partial charge in [0.15, 0.2) is 0 Å². The lowest BCUT2D eigenvalue weighted by molar-refractivity contribution is -0.145. The maximum Gasteiger partial charge on any atom is 0.307 e. The second kappa shape index (κ2) is 5.57. The molecule has 0 aliphatic heterocycles. The van der Waals surface area contributed by atoms with Gasteiger partial charge in [-0.05, 0) is 30.9 Å². The number of pyridine rings is 1.